The SMILES string of the molecule is CCCN1CC2(CCC3C45C=CC6(C=C4C(=O)Cc4c(F)cccc4Cl)CC(O)CCC6(C)C5CCC32C)OC1=O. The maximum Gasteiger partial charge on any atom is 0.410 e. The molecule has 5 nitrogen and oxygen atoms in total. The number of aliphatic hydroxyl groups is 1. The van der Waals surface area contributed by atoms with Crippen LogP contribution in [-0.4, -0.2) is 46.7 Å². The van der Waals surface area contributed by atoms with E-state index in [4.69, 9.17) is 16.3 Å². The Morgan fingerprint density at radius 2 is 1.85 bits per heavy atom. The van der Waals surface area contributed by atoms with E-state index in [-0.39, 0.29) is 51.5 Å². The third kappa shape index (κ3) is 3.38. The van der Waals surface area contributed by atoms with Crippen molar-refractivity contribution < 1.29 is 23.8 Å². The molecule has 1 amide bonds. The van der Waals surface area contributed by atoms with Crippen LogP contribution in [0.5, 0.6) is 0 Å². The maximum atomic E-state index is 14.9. The van der Waals surface area contributed by atoms with Crippen LogP contribution in [0, 0.1) is 39.3 Å². The van der Waals surface area contributed by atoms with E-state index in [1.54, 1.807) is 12.1 Å². The van der Waals surface area contributed by atoms with Crippen LogP contribution in [0.25, 0.3) is 0 Å². The Hall–Kier alpha value is -2.18. The molecule has 0 radical (unpaired) electrons. The minimum absolute atomic E-state index is 0.0888. The summed E-state index contributed by atoms with van der Waals surface area (Å²) >= 11 is 6.41. The smallest absolute Gasteiger partial charge is 0.410 e. The summed E-state index contributed by atoms with van der Waals surface area (Å²) in [5, 5.41) is 11.1. The molecule has 8 atom stereocenters. The highest BCUT2D eigenvalue weighted by atomic mass is 35.5. The van der Waals surface area contributed by atoms with Crippen LogP contribution < -0.4 is 0 Å². The van der Waals surface area contributed by atoms with Crippen molar-refractivity contribution in [1.29, 1.82) is 0 Å². The van der Waals surface area contributed by atoms with Gasteiger partial charge in [0.05, 0.1) is 12.6 Å². The van der Waals surface area contributed by atoms with Gasteiger partial charge in [0.15, 0.2) is 5.78 Å². The Labute approximate surface area is 247 Å². The number of hydrogen-bond donors (Lipinski definition) is 1. The number of rotatable bonds is 5. The molecule has 2 bridgehead atoms. The van der Waals surface area contributed by atoms with E-state index in [1.807, 2.05) is 4.90 Å². The molecule has 6 aliphatic carbocycles. The molecular weight excluding hydrogens is 541 g/mol. The fourth-order valence-electron chi connectivity index (χ4n) is 10.8. The van der Waals surface area contributed by atoms with Gasteiger partial charge in [0.2, 0.25) is 0 Å². The van der Waals surface area contributed by atoms with Crippen molar-refractivity contribution >= 4 is 23.5 Å². The van der Waals surface area contributed by atoms with Crippen molar-refractivity contribution in [2.24, 2.45) is 33.5 Å². The number of hydrogen-bond acceptors (Lipinski definition) is 4. The Morgan fingerprint density at radius 3 is 2.61 bits per heavy atom. The second-order valence-electron chi connectivity index (χ2n) is 14.4. The maximum absolute atomic E-state index is 14.9. The summed E-state index contributed by atoms with van der Waals surface area (Å²) in [5.41, 5.74) is -0.920. The molecule has 3 saturated carbocycles. The molecule has 41 heavy (non-hydrogen) atoms. The fourth-order valence-corrected chi connectivity index (χ4v) is 11.1. The van der Waals surface area contributed by atoms with Gasteiger partial charge in [0, 0.05) is 45.4 Å². The zero-order valence-electron chi connectivity index (χ0n) is 24.3. The third-order valence-electron chi connectivity index (χ3n) is 12.9. The van der Waals surface area contributed by atoms with Crippen molar-refractivity contribution in [2.45, 2.75) is 90.3 Å². The molecule has 8 rings (SSSR count). The zero-order chi connectivity index (χ0) is 29.0. The van der Waals surface area contributed by atoms with Crippen LogP contribution in [0.2, 0.25) is 5.02 Å². The van der Waals surface area contributed by atoms with Gasteiger partial charge in [0.25, 0.3) is 0 Å². The highest BCUT2D eigenvalue weighted by molar-refractivity contribution is 6.31. The lowest BCUT2D eigenvalue weighted by molar-refractivity contribution is -0.168. The summed E-state index contributed by atoms with van der Waals surface area (Å²) in [6, 6.07) is 4.56. The number of ketones is 1. The number of Topliss-reactive ketones (excluding diaryl/α,β-unsaturated/α-hetero) is 1. The Bertz CT molecular complexity index is 1370. The van der Waals surface area contributed by atoms with Gasteiger partial charge in [-0.1, -0.05) is 56.7 Å². The first-order valence-corrected chi connectivity index (χ1v) is 15.9. The topological polar surface area (TPSA) is 66.8 Å². The minimum atomic E-state index is -0.573. The van der Waals surface area contributed by atoms with Gasteiger partial charge in [0.1, 0.15) is 11.4 Å². The van der Waals surface area contributed by atoms with E-state index in [0.717, 1.165) is 50.5 Å². The van der Waals surface area contributed by atoms with Crippen LogP contribution in [0.4, 0.5) is 9.18 Å². The summed E-state index contributed by atoms with van der Waals surface area (Å²) < 4.78 is 21.3. The molecule has 7 heteroatoms. The van der Waals surface area contributed by atoms with Crippen molar-refractivity contribution in [1.82, 2.24) is 4.90 Å². The number of carbonyl (C=O) groups excluding carboxylic acids is 2. The Morgan fingerprint density at radius 1 is 1.12 bits per heavy atom. The number of ether oxygens (including phenoxy) is 1. The summed E-state index contributed by atoms with van der Waals surface area (Å²) in [7, 11) is 0. The number of aliphatic hydroxyl groups excluding tert-OH is 1. The van der Waals surface area contributed by atoms with E-state index in [1.165, 1.54) is 6.07 Å². The van der Waals surface area contributed by atoms with Gasteiger partial charge in [-0.05, 0) is 80.8 Å². The van der Waals surface area contributed by atoms with Crippen LogP contribution in [0.1, 0.15) is 77.7 Å². The Kier molecular flexibility index (Phi) is 6.01. The minimum Gasteiger partial charge on any atom is -0.440 e. The lowest BCUT2D eigenvalue weighted by atomic mass is 9.32. The lowest BCUT2D eigenvalue weighted by Crippen LogP contribution is -2.67. The van der Waals surface area contributed by atoms with Gasteiger partial charge in [-0.15, -0.1) is 0 Å². The van der Waals surface area contributed by atoms with E-state index >= 15 is 0 Å². The molecule has 8 unspecified atom stereocenters. The van der Waals surface area contributed by atoms with Gasteiger partial charge in [-0.3, -0.25) is 4.79 Å². The van der Waals surface area contributed by atoms with E-state index < -0.39 is 28.4 Å². The first kappa shape index (κ1) is 27.6. The molecule has 1 aromatic rings. The summed E-state index contributed by atoms with van der Waals surface area (Å²) in [5.74, 6) is -0.235. The predicted molar refractivity (Wildman–Crippen MR) is 155 cm³/mol. The number of nitrogens with zero attached hydrogens (tertiary/aromatic N) is 1. The molecule has 7 aliphatic rings. The molecule has 220 valence electrons. The zero-order valence-corrected chi connectivity index (χ0v) is 25.1. The van der Waals surface area contributed by atoms with E-state index in [2.05, 4.69) is 39.0 Å². The molecule has 1 heterocycles. The first-order valence-electron chi connectivity index (χ1n) is 15.5. The van der Waals surface area contributed by atoms with Crippen LogP contribution in [0.3, 0.4) is 0 Å². The average molecular weight is 582 g/mol. The van der Waals surface area contributed by atoms with Crippen LogP contribution in [-0.2, 0) is 16.0 Å². The number of halogens is 2. The first-order chi connectivity index (χ1) is 19.5. The average Bonchev–Trinajstić information content (AvgIpc) is 3.41. The summed E-state index contributed by atoms with van der Waals surface area (Å²) in [6.45, 7) is 8.03. The number of benzene rings is 1. The molecule has 3 spiro atoms. The predicted octanol–water partition coefficient (Wildman–Crippen LogP) is 7.05. The number of allylic oxidation sites excluding steroid dienone is 4. The van der Waals surface area contributed by atoms with Crippen LogP contribution >= 0.6 is 11.6 Å². The van der Waals surface area contributed by atoms with Gasteiger partial charge < -0.3 is 14.7 Å². The highest BCUT2D eigenvalue weighted by Gasteiger charge is 2.76. The lowest BCUT2D eigenvalue weighted by Gasteiger charge is -2.71. The molecule has 4 fully saturated rings. The highest BCUT2D eigenvalue weighted by Crippen LogP contribution is 2.79. The summed E-state index contributed by atoms with van der Waals surface area (Å²) in [6.07, 6.45) is 12.7. The Balaban J connectivity index is 1.36. The number of carbonyl (C=O) groups is 2. The second-order valence-corrected chi connectivity index (χ2v) is 14.8. The molecule has 1 N–H and O–H groups in total. The number of amides is 1. The molecular formula is C34H41ClFNO4. The summed E-state index contributed by atoms with van der Waals surface area (Å²) in [4.78, 5) is 29.4. The second kappa shape index (κ2) is 8.92. The van der Waals surface area contributed by atoms with Crippen molar-refractivity contribution in [2.75, 3.05) is 13.1 Å². The molecule has 1 aromatic carbocycles. The molecule has 1 saturated heterocycles. The largest absolute Gasteiger partial charge is 0.440 e. The van der Waals surface area contributed by atoms with Crippen molar-refractivity contribution in [3.8, 4) is 0 Å². The standard InChI is InChI=1S/C34H41ClFNO4/c1-4-16-37-20-33(41-29(37)40)13-10-28-31(33,3)12-9-27-30(2)11-8-21(38)18-32(30)14-15-34(27,28)23(19-32)26(39)17-22-24(35)6-5-7-25(22)36/h5-7,14-15,19,21,27-28,38H,4,8-13,16-18,20H2,1-3H3. The van der Waals surface area contributed by atoms with Gasteiger partial charge >= 0.3 is 6.09 Å². The van der Waals surface area contributed by atoms with Gasteiger partial charge in [-0.25, -0.2) is 9.18 Å². The van der Waals surface area contributed by atoms with Crippen molar-refractivity contribution in [3.05, 3.63) is 58.4 Å². The number of fused-ring (bicyclic) bond motifs is 2. The monoisotopic (exact) mass is 581 g/mol. The van der Waals surface area contributed by atoms with Gasteiger partial charge in [-0.2, -0.15) is 0 Å². The quantitative estimate of drug-likeness (QED) is 0.378. The van der Waals surface area contributed by atoms with Crippen molar-refractivity contribution in [3.63, 3.8) is 0 Å². The fraction of sp³-hybridized carbons (Fsp3) is 0.647. The molecule has 1 aliphatic heterocycles. The van der Waals surface area contributed by atoms with E-state index in [9.17, 15) is 19.1 Å². The van der Waals surface area contributed by atoms with Crippen LogP contribution in [0.15, 0.2) is 42.0 Å². The molecule has 0 aromatic heterocycles. The third-order valence-corrected chi connectivity index (χ3v) is 13.2. The van der Waals surface area contributed by atoms with E-state index in [0.29, 0.717) is 19.5 Å². The normalized spacial score (nSPS) is 44.0.